The van der Waals surface area contributed by atoms with E-state index in [1.807, 2.05) is 0 Å². The molecule has 1 aromatic rings. The second kappa shape index (κ2) is 6.18. The second-order valence-corrected chi connectivity index (χ2v) is 8.18. The predicted molar refractivity (Wildman–Crippen MR) is 83.3 cm³/mol. The highest BCUT2D eigenvalue weighted by molar-refractivity contribution is 8.00. The van der Waals surface area contributed by atoms with Gasteiger partial charge in [0.2, 0.25) is 5.95 Å². The van der Waals surface area contributed by atoms with Gasteiger partial charge in [-0.05, 0) is 13.0 Å². The number of thioether (sulfide) groups is 1. The number of carbonyl (C=O) groups excluding carboxylic acids is 1. The molecule has 0 bridgehead atoms. The van der Waals surface area contributed by atoms with E-state index < -0.39 is 15.2 Å². The fraction of sp³-hybridized carbons (Fsp3) is 0.583. The van der Waals surface area contributed by atoms with Crippen LogP contribution in [-0.4, -0.2) is 65.9 Å². The lowest BCUT2D eigenvalue weighted by Crippen LogP contribution is -2.50. The van der Waals surface area contributed by atoms with Gasteiger partial charge in [-0.15, -0.1) is 0 Å². The Morgan fingerprint density at radius 2 is 2.19 bits per heavy atom. The molecule has 116 valence electrons. The molecule has 1 atom stereocenters. The van der Waals surface area contributed by atoms with Gasteiger partial charge in [-0.25, -0.2) is 18.4 Å². The first-order valence-electron chi connectivity index (χ1n) is 6.44. The Morgan fingerprint density at radius 1 is 1.48 bits per heavy atom. The third-order valence-electron chi connectivity index (χ3n) is 3.14. The maximum absolute atomic E-state index is 12.6. The van der Waals surface area contributed by atoms with Gasteiger partial charge in [-0.3, -0.25) is 4.79 Å². The molecule has 2 heterocycles. The Morgan fingerprint density at radius 3 is 2.81 bits per heavy atom. The van der Waals surface area contributed by atoms with E-state index in [1.54, 1.807) is 20.0 Å². The standard InChI is InChI=1S/C12H18N4O3S2/c1-8-6-9(15-12(13-2)14-8)11(17)16-4-5-20-7-10(16)21(3,18)19/h6,10H,4-5,7H2,1-3H3,(H,13,14,15)/t10-/m1/s1. The summed E-state index contributed by atoms with van der Waals surface area (Å²) in [6.07, 6.45) is 1.16. The van der Waals surface area contributed by atoms with Crippen molar-refractivity contribution in [3.63, 3.8) is 0 Å². The minimum atomic E-state index is -3.33. The van der Waals surface area contributed by atoms with Crippen molar-refractivity contribution in [1.82, 2.24) is 14.9 Å². The summed E-state index contributed by atoms with van der Waals surface area (Å²) in [7, 11) is -1.66. The molecule has 0 aliphatic carbocycles. The lowest BCUT2D eigenvalue weighted by atomic mass is 10.3. The Bertz CT molecular complexity index is 648. The highest BCUT2D eigenvalue weighted by Gasteiger charge is 2.35. The van der Waals surface area contributed by atoms with Crippen molar-refractivity contribution in [3.05, 3.63) is 17.5 Å². The molecule has 0 radical (unpaired) electrons. The van der Waals surface area contributed by atoms with Crippen LogP contribution < -0.4 is 5.32 Å². The fourth-order valence-corrected chi connectivity index (χ4v) is 4.92. The zero-order valence-electron chi connectivity index (χ0n) is 12.2. The van der Waals surface area contributed by atoms with Crippen LogP contribution in [0, 0.1) is 6.92 Å². The lowest BCUT2D eigenvalue weighted by molar-refractivity contribution is 0.0743. The Kier molecular flexibility index (Phi) is 4.72. The number of anilines is 1. The molecule has 9 heteroatoms. The first-order chi connectivity index (χ1) is 9.82. The summed E-state index contributed by atoms with van der Waals surface area (Å²) in [4.78, 5) is 22.3. The molecular formula is C12H18N4O3S2. The van der Waals surface area contributed by atoms with Crippen molar-refractivity contribution < 1.29 is 13.2 Å². The van der Waals surface area contributed by atoms with Crippen LogP contribution in [0.25, 0.3) is 0 Å². The van der Waals surface area contributed by atoms with Crippen LogP contribution in [0.1, 0.15) is 16.2 Å². The van der Waals surface area contributed by atoms with Gasteiger partial charge >= 0.3 is 0 Å². The minimum absolute atomic E-state index is 0.215. The largest absolute Gasteiger partial charge is 0.357 e. The van der Waals surface area contributed by atoms with Crippen molar-refractivity contribution in [2.45, 2.75) is 12.3 Å². The summed E-state index contributed by atoms with van der Waals surface area (Å²) in [6, 6.07) is 1.57. The molecule has 7 nitrogen and oxygen atoms in total. The van der Waals surface area contributed by atoms with E-state index in [9.17, 15) is 13.2 Å². The smallest absolute Gasteiger partial charge is 0.273 e. The third-order valence-corrected chi connectivity index (χ3v) is 5.78. The highest BCUT2D eigenvalue weighted by Crippen LogP contribution is 2.22. The van der Waals surface area contributed by atoms with E-state index >= 15 is 0 Å². The fourth-order valence-electron chi connectivity index (χ4n) is 2.11. The zero-order chi connectivity index (χ0) is 15.6. The quantitative estimate of drug-likeness (QED) is 0.857. The number of carbonyl (C=O) groups is 1. The number of hydrogen-bond acceptors (Lipinski definition) is 7. The monoisotopic (exact) mass is 330 g/mol. The zero-order valence-corrected chi connectivity index (χ0v) is 13.8. The van der Waals surface area contributed by atoms with Crippen LogP contribution in [0.15, 0.2) is 6.07 Å². The molecule has 21 heavy (non-hydrogen) atoms. The average molecular weight is 330 g/mol. The summed E-state index contributed by atoms with van der Waals surface area (Å²) < 4.78 is 23.7. The van der Waals surface area contributed by atoms with Crippen LogP contribution >= 0.6 is 11.8 Å². The van der Waals surface area contributed by atoms with E-state index in [2.05, 4.69) is 15.3 Å². The highest BCUT2D eigenvalue weighted by atomic mass is 32.2. The maximum atomic E-state index is 12.6. The van der Waals surface area contributed by atoms with E-state index in [0.29, 0.717) is 23.9 Å². The molecule has 1 N–H and O–H groups in total. The van der Waals surface area contributed by atoms with Crippen molar-refractivity contribution in [2.24, 2.45) is 0 Å². The first kappa shape index (κ1) is 16.0. The molecule has 0 aromatic carbocycles. The van der Waals surface area contributed by atoms with E-state index in [4.69, 9.17) is 0 Å². The normalized spacial score (nSPS) is 19.4. The van der Waals surface area contributed by atoms with Crippen molar-refractivity contribution in [1.29, 1.82) is 0 Å². The van der Waals surface area contributed by atoms with Crippen LogP contribution in [0.2, 0.25) is 0 Å². The molecule has 0 unspecified atom stereocenters. The van der Waals surface area contributed by atoms with E-state index in [-0.39, 0.29) is 11.6 Å². The summed E-state index contributed by atoms with van der Waals surface area (Å²) in [6.45, 7) is 2.17. The molecule has 1 amide bonds. The molecule has 1 aliphatic heterocycles. The maximum Gasteiger partial charge on any atom is 0.273 e. The predicted octanol–water partition coefficient (Wildman–Crippen LogP) is 0.386. The average Bonchev–Trinajstić information content (AvgIpc) is 2.45. The van der Waals surface area contributed by atoms with Crippen LogP contribution in [0.5, 0.6) is 0 Å². The third kappa shape index (κ3) is 3.65. The van der Waals surface area contributed by atoms with Crippen molar-refractivity contribution >= 4 is 33.5 Å². The molecule has 0 spiro atoms. The van der Waals surface area contributed by atoms with Gasteiger partial charge in [-0.2, -0.15) is 11.8 Å². The van der Waals surface area contributed by atoms with Crippen LogP contribution in [0.3, 0.4) is 0 Å². The molecule has 1 aromatic heterocycles. The Balaban J connectivity index is 2.35. The molecular weight excluding hydrogens is 312 g/mol. The van der Waals surface area contributed by atoms with E-state index in [1.165, 1.54) is 16.7 Å². The number of sulfone groups is 1. The number of aromatic nitrogens is 2. The summed E-state index contributed by atoms with van der Waals surface area (Å²) in [5.74, 6) is 1.10. The van der Waals surface area contributed by atoms with Gasteiger partial charge in [0, 0.05) is 37.0 Å². The first-order valence-corrected chi connectivity index (χ1v) is 9.55. The molecule has 2 rings (SSSR count). The molecule has 1 aliphatic rings. The van der Waals surface area contributed by atoms with Crippen LogP contribution in [-0.2, 0) is 9.84 Å². The summed E-state index contributed by atoms with van der Waals surface area (Å²) in [5, 5.41) is 2.00. The van der Waals surface area contributed by atoms with Gasteiger partial charge in [0.15, 0.2) is 9.84 Å². The number of amides is 1. The van der Waals surface area contributed by atoms with Gasteiger partial charge in [-0.1, -0.05) is 0 Å². The van der Waals surface area contributed by atoms with Gasteiger partial charge in [0.25, 0.3) is 5.91 Å². The topological polar surface area (TPSA) is 92.3 Å². The second-order valence-electron chi connectivity index (χ2n) is 4.83. The molecule has 1 fully saturated rings. The van der Waals surface area contributed by atoms with Crippen molar-refractivity contribution in [3.8, 4) is 0 Å². The Labute approximate surface area is 128 Å². The summed E-state index contributed by atoms with van der Waals surface area (Å²) >= 11 is 1.54. The van der Waals surface area contributed by atoms with Crippen molar-refractivity contribution in [2.75, 3.05) is 36.7 Å². The lowest BCUT2D eigenvalue weighted by Gasteiger charge is -2.33. The SMILES string of the molecule is CNc1nc(C)cc(C(=O)N2CCSC[C@H]2S(C)(=O)=O)n1. The number of rotatable bonds is 3. The molecule has 0 saturated carbocycles. The van der Waals surface area contributed by atoms with Crippen LogP contribution in [0.4, 0.5) is 5.95 Å². The van der Waals surface area contributed by atoms with Gasteiger partial charge in [0.1, 0.15) is 11.1 Å². The number of aryl methyl sites for hydroxylation is 1. The van der Waals surface area contributed by atoms with Gasteiger partial charge < -0.3 is 10.2 Å². The van der Waals surface area contributed by atoms with Gasteiger partial charge in [0.05, 0.1) is 0 Å². The van der Waals surface area contributed by atoms with E-state index in [0.717, 1.165) is 12.0 Å². The number of nitrogens with one attached hydrogen (secondary N) is 1. The molecule has 1 saturated heterocycles. The summed E-state index contributed by atoms with van der Waals surface area (Å²) in [5.41, 5.74) is 0.868. The Hall–Kier alpha value is -1.35. The number of nitrogens with zero attached hydrogens (tertiary/aromatic N) is 3. The number of hydrogen-bond donors (Lipinski definition) is 1. The minimum Gasteiger partial charge on any atom is -0.357 e.